The van der Waals surface area contributed by atoms with E-state index in [4.69, 9.17) is 0 Å². The lowest BCUT2D eigenvalue weighted by molar-refractivity contribution is 0.0669. The summed E-state index contributed by atoms with van der Waals surface area (Å²) in [6.07, 6.45) is 1.28. The lowest BCUT2D eigenvalue weighted by atomic mass is 9.95. The van der Waals surface area contributed by atoms with Gasteiger partial charge < -0.3 is 9.80 Å². The Morgan fingerprint density at radius 2 is 1.46 bits per heavy atom. The molecule has 28 heavy (non-hydrogen) atoms. The molecule has 1 amide bonds. The Kier molecular flexibility index (Phi) is 7.90. The number of piperidine rings is 1. The zero-order valence-electron chi connectivity index (χ0n) is 15.3. The minimum absolute atomic E-state index is 0.0667. The Morgan fingerprint density at radius 1 is 0.964 bits per heavy atom. The number of halogens is 2. The van der Waals surface area contributed by atoms with Crippen LogP contribution in [-0.4, -0.2) is 76.8 Å². The molecule has 1 aliphatic heterocycles. The number of nitrogens with zero attached hydrogens (tertiary/aromatic N) is 2. The molecule has 11 heteroatoms. The highest BCUT2D eigenvalue weighted by Gasteiger charge is 2.26. The van der Waals surface area contributed by atoms with Crippen LogP contribution in [0.25, 0.3) is 0 Å². The van der Waals surface area contributed by atoms with Gasteiger partial charge in [0.1, 0.15) is 0 Å². The molecule has 0 atom stereocenters. The molecule has 1 aliphatic rings. The molecule has 1 aromatic rings. The van der Waals surface area contributed by atoms with E-state index in [1.807, 2.05) is 6.07 Å². The van der Waals surface area contributed by atoms with Crippen LogP contribution in [0.1, 0.15) is 23.2 Å². The first-order chi connectivity index (χ1) is 13.0. The molecule has 1 saturated heterocycles. The molecule has 1 aromatic carbocycles. The molecule has 0 bridgehead atoms. The fourth-order valence-electron chi connectivity index (χ4n) is 3.22. The van der Waals surface area contributed by atoms with Crippen LogP contribution >= 0.6 is 0 Å². The van der Waals surface area contributed by atoms with Crippen molar-refractivity contribution in [2.24, 2.45) is 5.92 Å². The number of likely N-dealkylation sites (tertiary alicyclic amines) is 1. The topological polar surface area (TPSA) is 91.8 Å². The molecule has 0 aromatic heterocycles. The first-order valence-electron chi connectivity index (χ1n) is 8.95. The molecule has 0 aliphatic carbocycles. The van der Waals surface area contributed by atoms with Gasteiger partial charge in [-0.3, -0.25) is 4.79 Å². The highest BCUT2D eigenvalue weighted by molar-refractivity contribution is 7.86. The maximum atomic E-state index is 12.8. The third-order valence-corrected chi connectivity index (χ3v) is 6.08. The van der Waals surface area contributed by atoms with Gasteiger partial charge in [0, 0.05) is 38.3 Å². The lowest BCUT2D eigenvalue weighted by Gasteiger charge is -2.34. The minimum Gasteiger partial charge on any atom is -0.339 e. The molecule has 1 fully saturated rings. The molecule has 0 saturated carbocycles. The third kappa shape index (κ3) is 8.19. The highest BCUT2D eigenvalue weighted by Crippen LogP contribution is 2.20. The number of hydrogen-bond acceptors (Lipinski definition) is 6. The standard InChI is InChI=1S/C17H24F2N2O5S2/c18-27(23,24)12-10-20(11-13-28(19,25)26)14-15-6-8-21(9-7-15)17(22)16-4-2-1-3-5-16/h1-5,15H,6-14H2. The molecule has 1 heterocycles. The van der Waals surface area contributed by atoms with Crippen LogP contribution in [0.4, 0.5) is 7.77 Å². The predicted molar refractivity (Wildman–Crippen MR) is 101 cm³/mol. The monoisotopic (exact) mass is 438 g/mol. The van der Waals surface area contributed by atoms with Crippen molar-refractivity contribution in [3.05, 3.63) is 35.9 Å². The van der Waals surface area contributed by atoms with Crippen LogP contribution in [0.5, 0.6) is 0 Å². The molecule has 0 unspecified atom stereocenters. The van der Waals surface area contributed by atoms with E-state index in [2.05, 4.69) is 0 Å². The maximum absolute atomic E-state index is 12.8. The van der Waals surface area contributed by atoms with E-state index in [9.17, 15) is 29.4 Å². The fourth-order valence-corrected chi connectivity index (χ4v) is 4.17. The quantitative estimate of drug-likeness (QED) is 0.542. The molecular weight excluding hydrogens is 414 g/mol. The van der Waals surface area contributed by atoms with Crippen molar-refractivity contribution in [2.75, 3.05) is 44.2 Å². The summed E-state index contributed by atoms with van der Waals surface area (Å²) in [5.41, 5.74) is 0.601. The largest absolute Gasteiger partial charge is 0.339 e. The number of hydrogen-bond donors (Lipinski definition) is 0. The van der Waals surface area contributed by atoms with Gasteiger partial charge in [-0.1, -0.05) is 18.2 Å². The molecule has 0 radical (unpaired) electrons. The van der Waals surface area contributed by atoms with Gasteiger partial charge in [0.05, 0.1) is 11.5 Å². The van der Waals surface area contributed by atoms with E-state index in [0.29, 0.717) is 38.0 Å². The van der Waals surface area contributed by atoms with E-state index < -0.39 is 32.0 Å². The lowest BCUT2D eigenvalue weighted by Crippen LogP contribution is -2.43. The van der Waals surface area contributed by atoms with Gasteiger partial charge in [-0.25, -0.2) is 0 Å². The van der Waals surface area contributed by atoms with E-state index in [1.54, 1.807) is 29.2 Å². The van der Waals surface area contributed by atoms with Gasteiger partial charge in [0.2, 0.25) is 0 Å². The van der Waals surface area contributed by atoms with E-state index in [0.717, 1.165) is 0 Å². The van der Waals surface area contributed by atoms with E-state index in [1.165, 1.54) is 4.90 Å². The van der Waals surface area contributed by atoms with Crippen molar-refractivity contribution < 1.29 is 29.4 Å². The number of carbonyl (C=O) groups excluding carboxylic acids is 1. The number of rotatable bonds is 9. The first kappa shape index (κ1) is 22.7. The minimum atomic E-state index is -4.70. The van der Waals surface area contributed by atoms with Crippen LogP contribution in [0, 0.1) is 5.92 Å². The Morgan fingerprint density at radius 3 is 1.93 bits per heavy atom. The molecule has 0 spiro atoms. The highest BCUT2D eigenvalue weighted by atomic mass is 32.3. The van der Waals surface area contributed by atoms with Crippen molar-refractivity contribution >= 4 is 26.4 Å². The molecule has 0 N–H and O–H groups in total. The van der Waals surface area contributed by atoms with Gasteiger partial charge in [0.25, 0.3) is 5.91 Å². The second-order valence-electron chi connectivity index (χ2n) is 6.89. The molecule has 158 valence electrons. The van der Waals surface area contributed by atoms with Crippen LogP contribution in [0.3, 0.4) is 0 Å². The Labute approximate surface area is 164 Å². The summed E-state index contributed by atoms with van der Waals surface area (Å²) in [5.74, 6) is -1.54. The summed E-state index contributed by atoms with van der Waals surface area (Å²) in [5, 5.41) is 0. The zero-order valence-corrected chi connectivity index (χ0v) is 17.0. The summed E-state index contributed by atoms with van der Waals surface area (Å²) in [6, 6.07) is 8.88. The second kappa shape index (κ2) is 9.75. The molecule has 2 rings (SSSR count). The zero-order chi connectivity index (χ0) is 20.8. The average Bonchev–Trinajstić information content (AvgIpc) is 2.63. The Bertz CT molecular complexity index is 819. The van der Waals surface area contributed by atoms with Gasteiger partial charge in [0.15, 0.2) is 0 Å². The first-order valence-corrected chi connectivity index (χ1v) is 12.1. The molecule has 7 nitrogen and oxygen atoms in total. The second-order valence-corrected chi connectivity index (χ2v) is 9.86. The van der Waals surface area contributed by atoms with Crippen LogP contribution in [-0.2, 0) is 20.4 Å². The average molecular weight is 439 g/mol. The number of benzene rings is 1. The molecular formula is C17H24F2N2O5S2. The van der Waals surface area contributed by atoms with Gasteiger partial charge in [-0.15, -0.1) is 7.77 Å². The summed E-state index contributed by atoms with van der Waals surface area (Å²) in [6.45, 7) is 0.914. The summed E-state index contributed by atoms with van der Waals surface area (Å²) in [4.78, 5) is 15.6. The number of carbonyl (C=O) groups is 1. The van der Waals surface area contributed by atoms with Gasteiger partial charge in [-0.2, -0.15) is 16.8 Å². The van der Waals surface area contributed by atoms with E-state index >= 15 is 0 Å². The Hall–Kier alpha value is -1.59. The van der Waals surface area contributed by atoms with Crippen molar-refractivity contribution in [3.8, 4) is 0 Å². The smallest absolute Gasteiger partial charge is 0.303 e. The van der Waals surface area contributed by atoms with Crippen molar-refractivity contribution in [1.82, 2.24) is 9.80 Å². The predicted octanol–water partition coefficient (Wildman–Crippen LogP) is 1.44. The Balaban J connectivity index is 1.89. The van der Waals surface area contributed by atoms with Crippen LogP contribution in [0.2, 0.25) is 0 Å². The summed E-state index contributed by atoms with van der Waals surface area (Å²) in [7, 11) is -9.40. The third-order valence-electron chi connectivity index (χ3n) is 4.74. The normalized spacial score (nSPS) is 16.5. The van der Waals surface area contributed by atoms with Crippen LogP contribution < -0.4 is 0 Å². The SMILES string of the molecule is O=C(c1ccccc1)N1CCC(CN(CCS(=O)(=O)F)CCS(=O)(=O)F)CC1. The van der Waals surface area contributed by atoms with Crippen LogP contribution in [0.15, 0.2) is 30.3 Å². The van der Waals surface area contributed by atoms with Crippen molar-refractivity contribution in [3.63, 3.8) is 0 Å². The number of amides is 1. The van der Waals surface area contributed by atoms with Crippen molar-refractivity contribution in [1.29, 1.82) is 0 Å². The summed E-state index contributed by atoms with van der Waals surface area (Å²) >= 11 is 0. The van der Waals surface area contributed by atoms with Gasteiger partial charge >= 0.3 is 20.4 Å². The maximum Gasteiger partial charge on any atom is 0.303 e. The fraction of sp³-hybridized carbons (Fsp3) is 0.588. The van der Waals surface area contributed by atoms with Crippen molar-refractivity contribution in [2.45, 2.75) is 12.8 Å². The van der Waals surface area contributed by atoms with E-state index in [-0.39, 0.29) is 24.9 Å². The van der Waals surface area contributed by atoms with Gasteiger partial charge in [-0.05, 0) is 30.9 Å². The summed E-state index contributed by atoms with van der Waals surface area (Å²) < 4.78 is 68.6.